The molecule has 1 aromatic rings. The number of amides is 1. The molecule has 0 radical (unpaired) electrons. The predicted molar refractivity (Wildman–Crippen MR) is 79.8 cm³/mol. The molecular weight excluding hydrogens is 244 g/mol. The summed E-state index contributed by atoms with van der Waals surface area (Å²) in [5.74, 6) is 2.17. The average Bonchev–Trinajstić information content (AvgIpc) is 2.34. The molecular formula is C14H22N2OS. The maximum Gasteiger partial charge on any atom is 0.220 e. The van der Waals surface area contributed by atoms with Gasteiger partial charge in [0.05, 0.1) is 0 Å². The molecule has 4 heteroatoms. The van der Waals surface area contributed by atoms with Gasteiger partial charge in [-0.25, -0.2) is 0 Å². The second kappa shape index (κ2) is 8.03. The van der Waals surface area contributed by atoms with Crippen molar-refractivity contribution in [3.63, 3.8) is 0 Å². The lowest BCUT2D eigenvalue weighted by Crippen LogP contribution is -2.34. The van der Waals surface area contributed by atoms with Gasteiger partial charge in [0.25, 0.3) is 0 Å². The van der Waals surface area contributed by atoms with Gasteiger partial charge in [-0.1, -0.05) is 19.1 Å². The number of benzene rings is 1. The summed E-state index contributed by atoms with van der Waals surface area (Å²) in [4.78, 5) is 11.7. The van der Waals surface area contributed by atoms with Gasteiger partial charge < -0.3 is 11.1 Å². The highest BCUT2D eigenvalue weighted by Crippen LogP contribution is 2.09. The van der Waals surface area contributed by atoms with E-state index in [9.17, 15) is 4.79 Å². The van der Waals surface area contributed by atoms with Crippen molar-refractivity contribution in [2.45, 2.75) is 32.7 Å². The molecule has 1 amide bonds. The van der Waals surface area contributed by atoms with Crippen molar-refractivity contribution in [2.75, 3.05) is 17.2 Å². The van der Waals surface area contributed by atoms with Gasteiger partial charge in [-0.15, -0.1) is 0 Å². The summed E-state index contributed by atoms with van der Waals surface area (Å²) >= 11 is 1.84. The Labute approximate surface area is 114 Å². The SMILES string of the molecule is CCSCC(C)NC(=O)CCc1cccc(N)c1. The molecule has 1 rings (SSSR count). The number of rotatable bonds is 7. The van der Waals surface area contributed by atoms with Gasteiger partial charge in [0.2, 0.25) is 5.91 Å². The lowest BCUT2D eigenvalue weighted by molar-refractivity contribution is -0.121. The monoisotopic (exact) mass is 266 g/mol. The predicted octanol–water partition coefficient (Wildman–Crippen LogP) is 2.46. The van der Waals surface area contributed by atoms with Gasteiger partial charge in [-0.3, -0.25) is 4.79 Å². The third kappa shape index (κ3) is 5.96. The van der Waals surface area contributed by atoms with Gasteiger partial charge in [-0.05, 0) is 36.8 Å². The van der Waals surface area contributed by atoms with Crippen LogP contribution in [0.3, 0.4) is 0 Å². The van der Waals surface area contributed by atoms with E-state index in [2.05, 4.69) is 12.2 Å². The normalized spacial score (nSPS) is 12.1. The summed E-state index contributed by atoms with van der Waals surface area (Å²) in [6.45, 7) is 4.17. The Morgan fingerprint density at radius 2 is 2.28 bits per heavy atom. The standard InChI is InChI=1S/C14H22N2OS/c1-3-18-10-11(2)16-14(17)8-7-12-5-4-6-13(15)9-12/h4-6,9,11H,3,7-8,10,15H2,1-2H3,(H,16,17). The molecule has 0 saturated heterocycles. The van der Waals surface area contributed by atoms with Crippen molar-refractivity contribution >= 4 is 23.4 Å². The van der Waals surface area contributed by atoms with Gasteiger partial charge in [0.15, 0.2) is 0 Å². The van der Waals surface area contributed by atoms with E-state index in [0.29, 0.717) is 6.42 Å². The molecule has 0 aromatic heterocycles. The van der Waals surface area contributed by atoms with Crippen LogP contribution in [-0.2, 0) is 11.2 Å². The zero-order valence-electron chi connectivity index (χ0n) is 11.1. The first kappa shape index (κ1) is 14.9. The van der Waals surface area contributed by atoms with Crippen molar-refractivity contribution < 1.29 is 4.79 Å². The topological polar surface area (TPSA) is 55.1 Å². The molecule has 1 unspecified atom stereocenters. The van der Waals surface area contributed by atoms with Gasteiger partial charge in [0.1, 0.15) is 0 Å². The van der Waals surface area contributed by atoms with Crippen LogP contribution in [0, 0.1) is 0 Å². The fourth-order valence-corrected chi connectivity index (χ4v) is 2.36. The van der Waals surface area contributed by atoms with Crippen LogP contribution in [0.1, 0.15) is 25.8 Å². The smallest absolute Gasteiger partial charge is 0.220 e. The van der Waals surface area contributed by atoms with Gasteiger partial charge in [-0.2, -0.15) is 11.8 Å². The Bertz CT molecular complexity index is 382. The Hall–Kier alpha value is -1.16. The molecule has 0 aliphatic heterocycles. The zero-order valence-corrected chi connectivity index (χ0v) is 11.9. The number of carbonyl (C=O) groups excluding carboxylic acids is 1. The summed E-state index contributed by atoms with van der Waals surface area (Å²) < 4.78 is 0. The van der Waals surface area contributed by atoms with Crippen molar-refractivity contribution in [3.8, 4) is 0 Å². The Kier molecular flexibility index (Phi) is 6.65. The van der Waals surface area contributed by atoms with Crippen LogP contribution in [0.4, 0.5) is 5.69 Å². The Morgan fingerprint density at radius 3 is 2.94 bits per heavy atom. The van der Waals surface area contributed by atoms with Crippen molar-refractivity contribution in [1.29, 1.82) is 0 Å². The summed E-state index contributed by atoms with van der Waals surface area (Å²) in [6.07, 6.45) is 1.26. The number of thioether (sulfide) groups is 1. The van der Waals surface area contributed by atoms with E-state index < -0.39 is 0 Å². The van der Waals surface area contributed by atoms with E-state index in [1.807, 2.05) is 43.0 Å². The van der Waals surface area contributed by atoms with Crippen LogP contribution in [0.2, 0.25) is 0 Å². The lowest BCUT2D eigenvalue weighted by atomic mass is 10.1. The molecule has 1 aromatic carbocycles. The minimum absolute atomic E-state index is 0.113. The number of hydrogen-bond acceptors (Lipinski definition) is 3. The number of anilines is 1. The maximum atomic E-state index is 11.7. The highest BCUT2D eigenvalue weighted by atomic mass is 32.2. The quantitative estimate of drug-likeness (QED) is 0.745. The van der Waals surface area contributed by atoms with E-state index in [1.165, 1.54) is 0 Å². The van der Waals surface area contributed by atoms with E-state index >= 15 is 0 Å². The average molecular weight is 266 g/mol. The minimum atomic E-state index is 0.113. The van der Waals surface area contributed by atoms with Crippen LogP contribution >= 0.6 is 11.8 Å². The molecule has 0 aliphatic rings. The van der Waals surface area contributed by atoms with Crippen LogP contribution in [0.5, 0.6) is 0 Å². The lowest BCUT2D eigenvalue weighted by Gasteiger charge is -2.13. The first-order valence-corrected chi connectivity index (χ1v) is 7.48. The van der Waals surface area contributed by atoms with Crippen LogP contribution in [0.15, 0.2) is 24.3 Å². The molecule has 1 atom stereocenters. The van der Waals surface area contributed by atoms with Crippen molar-refractivity contribution in [3.05, 3.63) is 29.8 Å². The maximum absolute atomic E-state index is 11.7. The third-order valence-corrected chi connectivity index (χ3v) is 3.72. The van der Waals surface area contributed by atoms with E-state index in [0.717, 1.165) is 29.2 Å². The largest absolute Gasteiger partial charge is 0.399 e. The molecule has 0 aliphatic carbocycles. The molecule has 0 heterocycles. The number of nitrogens with two attached hydrogens (primary N) is 1. The van der Waals surface area contributed by atoms with E-state index in [1.54, 1.807) is 0 Å². The summed E-state index contributed by atoms with van der Waals surface area (Å²) in [7, 11) is 0. The fraction of sp³-hybridized carbons (Fsp3) is 0.500. The first-order valence-electron chi connectivity index (χ1n) is 6.33. The minimum Gasteiger partial charge on any atom is -0.399 e. The van der Waals surface area contributed by atoms with Crippen molar-refractivity contribution in [2.24, 2.45) is 0 Å². The highest BCUT2D eigenvalue weighted by Gasteiger charge is 2.07. The second-order valence-corrected chi connectivity index (χ2v) is 5.69. The molecule has 0 spiro atoms. The molecule has 100 valence electrons. The van der Waals surface area contributed by atoms with Crippen LogP contribution in [-0.4, -0.2) is 23.5 Å². The van der Waals surface area contributed by atoms with Gasteiger partial charge in [0, 0.05) is 23.9 Å². The molecule has 18 heavy (non-hydrogen) atoms. The second-order valence-electron chi connectivity index (χ2n) is 4.37. The molecule has 0 saturated carbocycles. The first-order chi connectivity index (χ1) is 8.61. The summed E-state index contributed by atoms with van der Waals surface area (Å²) in [5, 5.41) is 3.01. The number of carbonyl (C=O) groups is 1. The fourth-order valence-electron chi connectivity index (χ4n) is 1.69. The van der Waals surface area contributed by atoms with Crippen molar-refractivity contribution in [1.82, 2.24) is 5.32 Å². The van der Waals surface area contributed by atoms with E-state index in [-0.39, 0.29) is 11.9 Å². The summed E-state index contributed by atoms with van der Waals surface area (Å²) in [5.41, 5.74) is 7.56. The molecule has 0 bridgehead atoms. The highest BCUT2D eigenvalue weighted by molar-refractivity contribution is 7.99. The Balaban J connectivity index is 2.28. The van der Waals surface area contributed by atoms with Gasteiger partial charge >= 0.3 is 0 Å². The van der Waals surface area contributed by atoms with Crippen LogP contribution in [0.25, 0.3) is 0 Å². The Morgan fingerprint density at radius 1 is 1.50 bits per heavy atom. The molecule has 0 fully saturated rings. The zero-order chi connectivity index (χ0) is 13.4. The number of nitrogens with one attached hydrogen (secondary N) is 1. The number of hydrogen-bond donors (Lipinski definition) is 2. The van der Waals surface area contributed by atoms with Crippen LogP contribution < -0.4 is 11.1 Å². The van der Waals surface area contributed by atoms with E-state index in [4.69, 9.17) is 5.73 Å². The molecule has 3 nitrogen and oxygen atoms in total. The summed E-state index contributed by atoms with van der Waals surface area (Å²) in [6, 6.07) is 7.93. The third-order valence-electron chi connectivity index (χ3n) is 2.57. The number of aryl methyl sites for hydroxylation is 1. The number of nitrogen functional groups attached to an aromatic ring is 1. The molecule has 3 N–H and O–H groups in total.